The number of aliphatic hydroxyl groups excluding tert-OH is 3. The summed E-state index contributed by atoms with van der Waals surface area (Å²) in [7, 11) is 0. The van der Waals surface area contributed by atoms with Gasteiger partial charge in [0.25, 0.3) is 0 Å². The van der Waals surface area contributed by atoms with Crippen molar-refractivity contribution >= 4 is 11.6 Å². The van der Waals surface area contributed by atoms with Gasteiger partial charge in [-0.15, -0.1) is 0 Å². The van der Waals surface area contributed by atoms with Gasteiger partial charge in [-0.1, -0.05) is 41.9 Å². The highest BCUT2D eigenvalue weighted by Crippen LogP contribution is 2.36. The van der Waals surface area contributed by atoms with Crippen LogP contribution in [0, 0.1) is 31.1 Å². The van der Waals surface area contributed by atoms with E-state index in [-0.39, 0.29) is 39.6 Å². The molecule has 0 amide bonds. The molecule has 0 bridgehead atoms. The van der Waals surface area contributed by atoms with Crippen LogP contribution in [0.5, 0.6) is 17.2 Å². The van der Waals surface area contributed by atoms with Gasteiger partial charge in [-0.05, 0) is 91.6 Å². The Morgan fingerprint density at radius 1 is 0.923 bits per heavy atom. The number of nitrogens with one attached hydrogen (secondary N) is 1. The maximum atomic E-state index is 9.55. The maximum Gasteiger partial charge on any atom is 0.142 e. The number of hydrogen-bond donors (Lipinski definition) is 4. The number of rotatable bonds is 18. The molecule has 1 aliphatic heterocycles. The third-order valence-corrected chi connectivity index (χ3v) is 9.89. The Kier molecular flexibility index (Phi) is 14.7. The zero-order valence-electron chi connectivity index (χ0n) is 30.0. The van der Waals surface area contributed by atoms with Crippen molar-refractivity contribution in [2.24, 2.45) is 5.92 Å². The minimum absolute atomic E-state index is 0.160. The Morgan fingerprint density at radius 3 is 2.46 bits per heavy atom. The highest BCUT2D eigenvalue weighted by atomic mass is 35.5. The number of piperidine rings is 1. The highest BCUT2D eigenvalue weighted by molar-refractivity contribution is 6.32. The molecule has 0 saturated carbocycles. The van der Waals surface area contributed by atoms with E-state index in [9.17, 15) is 20.6 Å². The summed E-state index contributed by atoms with van der Waals surface area (Å²) in [4.78, 5) is 6.55. The average molecular weight is 729 g/mol. The molecule has 1 saturated heterocycles. The standard InChI is InChI=1S/C41H49ClN4O6/c1-28-33(8-3-9-36(28)37-10-4-11-39(29(37)2)50-14-6-13-46-12-5-7-30(22-46)23-47)27-52-41-17-40(51-26-32-15-31(18-43)19-44-20-32)34(16-38(41)42)21-45-35(24-48)25-49/h3-4,8-11,15-17,19-20,30,35,45,47-49H,5-7,12-14,21-27H2,1-2H3/t30-/m1/s1. The van der Waals surface area contributed by atoms with Crippen LogP contribution < -0.4 is 19.5 Å². The summed E-state index contributed by atoms with van der Waals surface area (Å²) in [6.45, 7) is 8.35. The van der Waals surface area contributed by atoms with E-state index in [0.29, 0.717) is 40.2 Å². The van der Waals surface area contributed by atoms with E-state index in [2.05, 4.69) is 47.3 Å². The number of benzene rings is 3. The first-order valence-corrected chi connectivity index (χ1v) is 18.2. The van der Waals surface area contributed by atoms with Gasteiger partial charge in [-0.2, -0.15) is 5.26 Å². The molecule has 1 aromatic heterocycles. The summed E-state index contributed by atoms with van der Waals surface area (Å²) < 4.78 is 18.8. The number of pyridine rings is 1. The van der Waals surface area contributed by atoms with Gasteiger partial charge in [-0.25, -0.2) is 0 Å². The summed E-state index contributed by atoms with van der Waals surface area (Å²) in [6.07, 6.45) is 6.31. The zero-order valence-corrected chi connectivity index (χ0v) is 30.7. The van der Waals surface area contributed by atoms with Crippen LogP contribution in [0.25, 0.3) is 11.1 Å². The van der Waals surface area contributed by atoms with Crippen molar-refractivity contribution in [1.29, 1.82) is 5.26 Å². The van der Waals surface area contributed by atoms with Crippen LogP contribution in [-0.4, -0.2) is 77.3 Å². The second-order valence-corrected chi connectivity index (χ2v) is 13.7. The van der Waals surface area contributed by atoms with Crippen LogP contribution >= 0.6 is 11.6 Å². The van der Waals surface area contributed by atoms with Gasteiger partial charge < -0.3 is 39.7 Å². The molecule has 1 fully saturated rings. The van der Waals surface area contributed by atoms with Crippen molar-refractivity contribution in [2.45, 2.75) is 58.9 Å². The topological polar surface area (TPSA) is 140 Å². The molecule has 4 aromatic rings. The average Bonchev–Trinajstić information content (AvgIpc) is 3.17. The number of halogens is 1. The smallest absolute Gasteiger partial charge is 0.142 e. The van der Waals surface area contributed by atoms with Crippen LogP contribution in [0.1, 0.15) is 52.6 Å². The van der Waals surface area contributed by atoms with Crippen molar-refractivity contribution in [3.63, 3.8) is 0 Å². The lowest BCUT2D eigenvalue weighted by atomic mass is 9.93. The Hall–Kier alpha value is -4.21. The van der Waals surface area contributed by atoms with E-state index < -0.39 is 6.04 Å². The first-order valence-electron chi connectivity index (χ1n) is 17.8. The van der Waals surface area contributed by atoms with Gasteiger partial charge in [0.1, 0.15) is 36.5 Å². The van der Waals surface area contributed by atoms with Gasteiger partial charge >= 0.3 is 0 Å². The fourth-order valence-corrected chi connectivity index (χ4v) is 6.75. The van der Waals surface area contributed by atoms with E-state index in [1.54, 1.807) is 24.4 Å². The van der Waals surface area contributed by atoms with Crippen molar-refractivity contribution in [2.75, 3.05) is 46.1 Å². The molecule has 11 heteroatoms. The molecule has 3 aromatic carbocycles. The first-order chi connectivity index (χ1) is 25.3. The van der Waals surface area contributed by atoms with E-state index >= 15 is 0 Å². The number of nitriles is 1. The molecule has 4 N–H and O–H groups in total. The van der Waals surface area contributed by atoms with E-state index in [4.69, 9.17) is 25.8 Å². The lowest BCUT2D eigenvalue weighted by molar-refractivity contribution is 0.115. The fraction of sp³-hybridized carbons (Fsp3) is 0.415. The van der Waals surface area contributed by atoms with Gasteiger partial charge in [0.15, 0.2) is 0 Å². The number of aliphatic hydroxyl groups is 3. The largest absolute Gasteiger partial charge is 0.493 e. The lowest BCUT2D eigenvalue weighted by Gasteiger charge is -2.31. The molecule has 1 aliphatic rings. The molecule has 10 nitrogen and oxygen atoms in total. The SMILES string of the molecule is Cc1c(COc2cc(OCc3cncc(C#N)c3)c(CNC(CO)CO)cc2Cl)cccc1-c1cccc(OCCCN2CCC[C@@H](CO)C2)c1C. The monoisotopic (exact) mass is 728 g/mol. The second kappa shape index (κ2) is 19.6. The normalized spacial score (nSPS) is 14.7. The molecular weight excluding hydrogens is 680 g/mol. The van der Waals surface area contributed by atoms with Gasteiger partial charge in [0, 0.05) is 55.8 Å². The summed E-state index contributed by atoms with van der Waals surface area (Å²) in [6, 6.07) is 19.2. The number of nitrogens with zero attached hydrogens (tertiary/aromatic N) is 3. The van der Waals surface area contributed by atoms with Crippen molar-refractivity contribution in [1.82, 2.24) is 15.2 Å². The van der Waals surface area contributed by atoms with Crippen molar-refractivity contribution in [3.8, 4) is 34.4 Å². The number of aromatic nitrogens is 1. The summed E-state index contributed by atoms with van der Waals surface area (Å²) in [5.41, 5.74) is 7.24. The number of likely N-dealkylation sites (tertiary alicyclic amines) is 1. The molecule has 2 heterocycles. The summed E-state index contributed by atoms with van der Waals surface area (Å²) >= 11 is 6.74. The predicted molar refractivity (Wildman–Crippen MR) is 202 cm³/mol. The van der Waals surface area contributed by atoms with Gasteiger partial charge in [-0.3, -0.25) is 4.98 Å². The summed E-state index contributed by atoms with van der Waals surface area (Å²) in [5, 5.41) is 41.4. The second-order valence-electron chi connectivity index (χ2n) is 13.3. The van der Waals surface area contributed by atoms with E-state index in [1.165, 1.54) is 6.20 Å². The molecular formula is C41H49ClN4O6. The Labute approximate surface area is 311 Å². The quantitative estimate of drug-likeness (QED) is 0.0907. The minimum Gasteiger partial charge on any atom is -0.493 e. The molecule has 0 unspecified atom stereocenters. The number of ether oxygens (including phenoxy) is 3. The highest BCUT2D eigenvalue weighted by Gasteiger charge is 2.19. The Morgan fingerprint density at radius 2 is 1.69 bits per heavy atom. The third kappa shape index (κ3) is 10.4. The fourth-order valence-electron chi connectivity index (χ4n) is 6.51. The molecule has 5 rings (SSSR count). The molecule has 0 radical (unpaired) electrons. The predicted octanol–water partition coefficient (Wildman–Crippen LogP) is 5.96. The van der Waals surface area contributed by atoms with Gasteiger partial charge in [0.2, 0.25) is 0 Å². The first kappa shape index (κ1) is 39.0. The molecule has 0 spiro atoms. The Balaban J connectivity index is 1.28. The van der Waals surface area contributed by atoms with Crippen LogP contribution in [0.4, 0.5) is 0 Å². The van der Waals surface area contributed by atoms with E-state index in [0.717, 1.165) is 78.0 Å². The third-order valence-electron chi connectivity index (χ3n) is 9.60. The lowest BCUT2D eigenvalue weighted by Crippen LogP contribution is -2.37. The van der Waals surface area contributed by atoms with Crippen LogP contribution in [0.3, 0.4) is 0 Å². The van der Waals surface area contributed by atoms with Crippen molar-refractivity contribution in [3.05, 3.63) is 105 Å². The molecule has 276 valence electrons. The van der Waals surface area contributed by atoms with Crippen LogP contribution in [0.15, 0.2) is 67.0 Å². The zero-order chi connectivity index (χ0) is 36.9. The molecule has 0 aliphatic carbocycles. The van der Waals surface area contributed by atoms with Gasteiger partial charge in [0.05, 0.1) is 36.4 Å². The molecule has 52 heavy (non-hydrogen) atoms. The van der Waals surface area contributed by atoms with Crippen LogP contribution in [-0.2, 0) is 19.8 Å². The minimum atomic E-state index is -0.504. The van der Waals surface area contributed by atoms with Crippen LogP contribution in [0.2, 0.25) is 5.02 Å². The Bertz CT molecular complexity index is 1810. The van der Waals surface area contributed by atoms with Crippen molar-refractivity contribution < 1.29 is 29.5 Å². The maximum absolute atomic E-state index is 9.55. The summed E-state index contributed by atoms with van der Waals surface area (Å²) in [5.74, 6) is 2.21. The number of hydrogen-bond acceptors (Lipinski definition) is 10. The van der Waals surface area contributed by atoms with E-state index in [1.807, 2.05) is 24.3 Å². The molecule has 1 atom stereocenters.